The number of rotatable bonds is 4. The van der Waals surface area contributed by atoms with E-state index in [4.69, 9.17) is 0 Å². The summed E-state index contributed by atoms with van der Waals surface area (Å²) in [5.41, 5.74) is 0.821. The molecule has 0 spiro atoms. The topological polar surface area (TPSA) is 83.6 Å². The van der Waals surface area contributed by atoms with Crippen LogP contribution in [0.3, 0.4) is 0 Å². The molecule has 2 aliphatic heterocycles. The molecule has 0 saturated carbocycles. The molecule has 2 saturated heterocycles. The third-order valence-corrected chi connectivity index (χ3v) is 7.55. The number of thioether (sulfide) groups is 1. The Morgan fingerprint density at radius 3 is 2.60 bits per heavy atom. The van der Waals surface area contributed by atoms with Gasteiger partial charge in [-0.15, -0.1) is 11.8 Å². The number of amides is 2. The summed E-state index contributed by atoms with van der Waals surface area (Å²) < 4.78 is 23.0. The minimum Gasteiger partial charge on any atom is -0.348 e. The van der Waals surface area contributed by atoms with Gasteiger partial charge >= 0.3 is 0 Å². The zero-order valence-electron chi connectivity index (χ0n) is 14.5. The molecule has 0 bridgehead atoms. The summed E-state index contributed by atoms with van der Waals surface area (Å²) in [6.07, 6.45) is 2.44. The highest BCUT2D eigenvalue weighted by Crippen LogP contribution is 2.47. The SMILES string of the molecule is C[C@H](NC(=O)[C@H]1CS[C@@]2(C)CCC(=O)N12)c1ccc(S(C)(=O)=O)cc1. The number of nitrogens with one attached hydrogen (secondary N) is 1. The molecule has 2 heterocycles. The monoisotopic (exact) mass is 382 g/mol. The van der Waals surface area contributed by atoms with Crippen LogP contribution in [0.5, 0.6) is 0 Å². The molecular formula is C17H22N2O4S2. The molecule has 25 heavy (non-hydrogen) atoms. The second-order valence-corrected chi connectivity index (χ2v) is 10.4. The molecule has 0 aromatic heterocycles. The van der Waals surface area contributed by atoms with E-state index in [-0.39, 0.29) is 27.6 Å². The zero-order chi connectivity index (χ0) is 18.4. The van der Waals surface area contributed by atoms with Crippen LogP contribution in [0.25, 0.3) is 0 Å². The van der Waals surface area contributed by atoms with E-state index in [0.717, 1.165) is 18.2 Å². The van der Waals surface area contributed by atoms with E-state index in [9.17, 15) is 18.0 Å². The largest absolute Gasteiger partial charge is 0.348 e. The smallest absolute Gasteiger partial charge is 0.244 e. The van der Waals surface area contributed by atoms with Gasteiger partial charge in [0.25, 0.3) is 0 Å². The van der Waals surface area contributed by atoms with Crippen molar-refractivity contribution in [1.29, 1.82) is 0 Å². The van der Waals surface area contributed by atoms with Crippen molar-refractivity contribution in [2.24, 2.45) is 0 Å². The lowest BCUT2D eigenvalue weighted by atomic mass is 10.1. The molecule has 0 aliphatic carbocycles. The Balaban J connectivity index is 1.70. The van der Waals surface area contributed by atoms with Crippen LogP contribution in [0.2, 0.25) is 0 Å². The predicted octanol–water partition coefficient (Wildman–Crippen LogP) is 1.72. The summed E-state index contributed by atoms with van der Waals surface area (Å²) in [4.78, 5) is 26.5. The van der Waals surface area contributed by atoms with Crippen LogP contribution < -0.4 is 5.32 Å². The molecule has 1 aromatic rings. The summed E-state index contributed by atoms with van der Waals surface area (Å²) in [6, 6.07) is 5.78. The van der Waals surface area contributed by atoms with Crippen LogP contribution in [0.4, 0.5) is 0 Å². The first-order valence-corrected chi connectivity index (χ1v) is 11.1. The summed E-state index contributed by atoms with van der Waals surface area (Å²) in [6.45, 7) is 3.86. The fourth-order valence-electron chi connectivity index (χ4n) is 3.41. The van der Waals surface area contributed by atoms with E-state index >= 15 is 0 Å². The van der Waals surface area contributed by atoms with Crippen molar-refractivity contribution in [3.63, 3.8) is 0 Å². The van der Waals surface area contributed by atoms with E-state index in [1.807, 2.05) is 13.8 Å². The highest BCUT2D eigenvalue weighted by atomic mass is 32.2. The van der Waals surface area contributed by atoms with Gasteiger partial charge < -0.3 is 10.2 Å². The molecule has 6 nitrogen and oxygen atoms in total. The minimum atomic E-state index is -3.24. The van der Waals surface area contributed by atoms with Gasteiger partial charge in [-0.2, -0.15) is 0 Å². The number of sulfone groups is 1. The van der Waals surface area contributed by atoms with Gasteiger partial charge in [0.2, 0.25) is 11.8 Å². The van der Waals surface area contributed by atoms with Crippen molar-refractivity contribution >= 4 is 33.4 Å². The molecule has 2 fully saturated rings. The van der Waals surface area contributed by atoms with Gasteiger partial charge in [-0.25, -0.2) is 8.42 Å². The van der Waals surface area contributed by atoms with Crippen LogP contribution in [-0.2, 0) is 19.4 Å². The maximum absolute atomic E-state index is 12.7. The van der Waals surface area contributed by atoms with E-state index in [1.165, 1.54) is 0 Å². The van der Waals surface area contributed by atoms with Crippen molar-refractivity contribution in [2.75, 3.05) is 12.0 Å². The standard InChI is InChI=1S/C17H22N2O4S2/c1-11(12-4-6-13(7-5-12)25(3,22)23)18-16(21)14-10-24-17(2)9-8-15(20)19(14)17/h4-7,11,14H,8-10H2,1-3H3,(H,18,21)/t11-,14+,17-/m0/s1. The minimum absolute atomic E-state index is 0.0396. The zero-order valence-corrected chi connectivity index (χ0v) is 16.1. The average Bonchev–Trinajstić information content (AvgIpc) is 3.03. The molecule has 1 aromatic carbocycles. The highest BCUT2D eigenvalue weighted by Gasteiger charge is 2.52. The van der Waals surface area contributed by atoms with Crippen LogP contribution >= 0.6 is 11.8 Å². The molecule has 3 rings (SSSR count). The molecule has 0 unspecified atom stereocenters. The molecule has 136 valence electrons. The molecule has 2 aliphatic rings. The molecule has 8 heteroatoms. The van der Waals surface area contributed by atoms with Crippen molar-refractivity contribution in [1.82, 2.24) is 10.2 Å². The van der Waals surface area contributed by atoms with Gasteiger partial charge in [0.15, 0.2) is 9.84 Å². The third kappa shape index (κ3) is 3.42. The maximum atomic E-state index is 12.7. The first-order chi connectivity index (χ1) is 11.6. The van der Waals surface area contributed by atoms with Crippen molar-refractivity contribution < 1.29 is 18.0 Å². The van der Waals surface area contributed by atoms with Gasteiger partial charge in [0, 0.05) is 18.4 Å². The van der Waals surface area contributed by atoms with Gasteiger partial charge in [-0.05, 0) is 38.0 Å². The van der Waals surface area contributed by atoms with Crippen molar-refractivity contribution in [3.05, 3.63) is 29.8 Å². The van der Waals surface area contributed by atoms with Gasteiger partial charge in [-0.3, -0.25) is 9.59 Å². The third-order valence-electron chi connectivity index (χ3n) is 4.91. The molecule has 1 N–H and O–H groups in total. The summed E-state index contributed by atoms with van der Waals surface area (Å²) >= 11 is 1.66. The van der Waals surface area contributed by atoms with E-state index < -0.39 is 15.9 Å². The lowest BCUT2D eigenvalue weighted by Crippen LogP contribution is -2.50. The number of carbonyl (C=O) groups is 2. The predicted molar refractivity (Wildman–Crippen MR) is 96.8 cm³/mol. The quantitative estimate of drug-likeness (QED) is 0.857. The number of fused-ring (bicyclic) bond motifs is 1. The molecular weight excluding hydrogens is 360 g/mol. The summed E-state index contributed by atoms with van der Waals surface area (Å²) in [7, 11) is -3.24. The van der Waals surface area contributed by atoms with Gasteiger partial charge in [0.05, 0.1) is 15.8 Å². The first-order valence-electron chi connectivity index (χ1n) is 8.18. The Bertz CT molecular complexity index is 806. The fourth-order valence-corrected chi connectivity index (χ4v) is 5.47. The molecule has 0 radical (unpaired) electrons. The number of hydrogen-bond donors (Lipinski definition) is 1. The van der Waals surface area contributed by atoms with Gasteiger partial charge in [-0.1, -0.05) is 12.1 Å². The Morgan fingerprint density at radius 2 is 2.00 bits per heavy atom. The van der Waals surface area contributed by atoms with Crippen LogP contribution in [0.15, 0.2) is 29.2 Å². The maximum Gasteiger partial charge on any atom is 0.244 e. The average molecular weight is 383 g/mol. The second kappa shape index (κ2) is 6.32. The Labute approximate surface area is 152 Å². The molecule has 3 atom stereocenters. The number of nitrogens with zero attached hydrogens (tertiary/aromatic N) is 1. The Hall–Kier alpha value is -1.54. The highest BCUT2D eigenvalue weighted by molar-refractivity contribution is 8.01. The van der Waals surface area contributed by atoms with E-state index in [0.29, 0.717) is 12.2 Å². The fraction of sp³-hybridized carbons (Fsp3) is 0.529. The number of benzene rings is 1. The lowest BCUT2D eigenvalue weighted by Gasteiger charge is -2.30. The van der Waals surface area contributed by atoms with E-state index in [1.54, 1.807) is 40.9 Å². The first kappa shape index (κ1) is 18.3. The normalized spacial score (nSPS) is 27.2. The van der Waals surface area contributed by atoms with Crippen LogP contribution in [-0.4, -0.2) is 48.1 Å². The Kier molecular flexibility index (Phi) is 4.61. The molecule has 2 amide bonds. The number of hydrogen-bond acceptors (Lipinski definition) is 5. The summed E-state index contributed by atoms with van der Waals surface area (Å²) in [5.74, 6) is 0.484. The second-order valence-electron chi connectivity index (χ2n) is 6.84. The van der Waals surface area contributed by atoms with Crippen molar-refractivity contribution in [3.8, 4) is 0 Å². The van der Waals surface area contributed by atoms with Crippen LogP contribution in [0, 0.1) is 0 Å². The lowest BCUT2D eigenvalue weighted by molar-refractivity contribution is -0.138. The Morgan fingerprint density at radius 1 is 1.36 bits per heavy atom. The summed E-state index contributed by atoms with van der Waals surface area (Å²) in [5, 5.41) is 2.95. The van der Waals surface area contributed by atoms with E-state index in [2.05, 4.69) is 5.32 Å². The van der Waals surface area contributed by atoms with Gasteiger partial charge in [0.1, 0.15) is 6.04 Å². The van der Waals surface area contributed by atoms with Crippen molar-refractivity contribution in [2.45, 2.75) is 48.5 Å². The van der Waals surface area contributed by atoms with Crippen LogP contribution in [0.1, 0.15) is 38.3 Å². The number of carbonyl (C=O) groups excluding carboxylic acids is 2.